The first kappa shape index (κ1) is 99.1. The number of nitrogens with zero attached hydrogens (tertiary/aromatic N) is 4. The van der Waals surface area contributed by atoms with Crippen LogP contribution in [0.15, 0.2) is 268 Å². The van der Waals surface area contributed by atoms with Crippen LogP contribution in [0.4, 0.5) is 9.59 Å². The SMILES string of the molecule is CCOC(=O)CCc1ccc(Oc2ccc(/C(=C\c3cccnc3)C(=O)O)cc2)cc1.CCOC(=O)CCc1ccc(Oc2ccc(CC(=O)O)cc2)cc1.CC[O-].CN(C)C(=O)/C(=C/c1cccnc1)c1ccc(Oc2ccc(CCC(=O)NC(N)=O)cc2)cc1.NC(=O)NC(=O)CCc1ccc(Oc2ccc(/C(=C\c3cccnc3)C(=O)O)cc2)cc1.[Na+]. The molecule has 0 bridgehead atoms. The van der Waals surface area contributed by atoms with Gasteiger partial charge >= 0.3 is 71.5 Å². The largest absolute Gasteiger partial charge is 1.00 e. The van der Waals surface area contributed by atoms with Crippen LogP contribution in [0.25, 0.3) is 34.9 Å². The van der Waals surface area contributed by atoms with Crippen LogP contribution in [0.3, 0.4) is 0 Å². The number of aromatic nitrogens is 3. The molecule has 0 aliphatic carbocycles. The Bertz CT molecular complexity index is 5380. The maximum Gasteiger partial charge on any atom is 1.00 e. The van der Waals surface area contributed by atoms with Crippen molar-refractivity contribution in [2.45, 2.75) is 78.6 Å². The van der Waals surface area contributed by atoms with E-state index >= 15 is 0 Å². The molecule has 0 atom stereocenters. The molecule has 640 valence electrons. The number of carbonyl (C=O) groups excluding carboxylic acids is 7. The summed E-state index contributed by atoms with van der Waals surface area (Å²) in [7, 11) is 3.43. The van der Waals surface area contributed by atoms with Crippen LogP contribution in [0, 0.1) is 0 Å². The zero-order valence-electron chi connectivity index (χ0n) is 69.8. The molecule has 0 saturated carbocycles. The minimum absolute atomic E-state index is 0. The normalized spacial score (nSPS) is 10.6. The van der Waals surface area contributed by atoms with E-state index in [1.54, 1.807) is 218 Å². The molecule has 8 aromatic carbocycles. The van der Waals surface area contributed by atoms with E-state index in [1.165, 1.54) is 4.90 Å². The van der Waals surface area contributed by atoms with E-state index in [9.17, 15) is 58.2 Å². The van der Waals surface area contributed by atoms with Crippen molar-refractivity contribution in [1.82, 2.24) is 30.5 Å². The Morgan fingerprint density at radius 3 is 0.856 bits per heavy atom. The van der Waals surface area contributed by atoms with Gasteiger partial charge in [0.2, 0.25) is 11.8 Å². The van der Waals surface area contributed by atoms with Gasteiger partial charge in [-0.3, -0.25) is 54.4 Å². The number of aryl methyl sites for hydroxylation is 4. The number of carboxylic acids is 3. The molecule has 9 N–H and O–H groups in total. The summed E-state index contributed by atoms with van der Waals surface area (Å²) < 4.78 is 33.1. The van der Waals surface area contributed by atoms with Crippen LogP contribution in [0.2, 0.25) is 0 Å². The van der Waals surface area contributed by atoms with E-state index in [0.717, 1.165) is 38.9 Å². The predicted octanol–water partition coefficient (Wildman–Crippen LogP) is 12.2. The van der Waals surface area contributed by atoms with Crippen LogP contribution in [-0.2, 0) is 79.9 Å². The number of aliphatic carboxylic acids is 3. The van der Waals surface area contributed by atoms with Gasteiger partial charge < -0.3 is 65.2 Å². The average molecular weight is 1700 g/mol. The average Bonchev–Trinajstić information content (AvgIpc) is 0.848. The van der Waals surface area contributed by atoms with Crippen molar-refractivity contribution < 1.29 is 126 Å². The summed E-state index contributed by atoms with van der Waals surface area (Å²) in [4.78, 5) is 128. The first-order valence-electron chi connectivity index (χ1n) is 39.1. The van der Waals surface area contributed by atoms with Crippen LogP contribution < -0.4 is 75.7 Å². The number of carbonyl (C=O) groups is 10. The standard InChI is InChI=1S/C26H26N4O4.C25H23NO5.C24H21N3O5.C19H20O5.C2H5O.Na/c1-30(2)25(32)23(16-19-4-3-15-28-17-19)20-8-12-22(13-9-20)34-21-10-5-18(6-11-21)7-14-24(31)29-26(27)33;1-2-30-24(27)14-7-18-5-10-21(11-6-18)31-22-12-8-20(9-13-22)23(25(28)29)16-19-4-3-15-26-17-19;25-24(31)27-22(28)12-5-16-3-8-19(9-4-16)32-20-10-6-18(7-11-20)21(23(29)30)14-17-2-1-13-26-15-17;1-2-23-19(22)12-7-14-3-8-16(9-4-14)24-17-10-5-15(6-11-17)13-18(20)21;1-2-3;/h3-6,8-13,15-17H,7,14H2,1-2H3,(H3,27,29,31,33);3-6,8-13,15-17H,2,7,14H2,1H3,(H,28,29);1-4,6-11,13-15H,5,12H2,(H,29,30)(H3,25,27,28,31);3-6,8-11H,2,7,12-13H2,1H3,(H,20,21);2H2,1H3;/q;;;;-1;+1/b2*23-16+;21-14+;;;. The Hall–Kier alpha value is -14.7. The summed E-state index contributed by atoms with van der Waals surface area (Å²) in [5.74, 6) is 0.674. The third-order valence-corrected chi connectivity index (χ3v) is 17.1. The Morgan fingerprint density at radius 1 is 0.376 bits per heavy atom. The van der Waals surface area contributed by atoms with Crippen molar-refractivity contribution in [3.05, 3.63) is 329 Å². The van der Waals surface area contributed by atoms with Crippen molar-refractivity contribution in [2.75, 3.05) is 33.9 Å². The molecule has 0 aliphatic heterocycles. The van der Waals surface area contributed by atoms with Gasteiger partial charge in [0, 0.05) is 82.5 Å². The molecule has 0 unspecified atom stereocenters. The molecule has 0 saturated heterocycles. The van der Waals surface area contributed by atoms with Gasteiger partial charge in [0.1, 0.15) is 46.0 Å². The van der Waals surface area contributed by atoms with Crippen molar-refractivity contribution in [3.63, 3.8) is 0 Å². The quantitative estimate of drug-likeness (QED) is 0.0114. The Kier molecular flexibility index (Phi) is 42.7. The van der Waals surface area contributed by atoms with E-state index in [4.69, 9.17) is 50.1 Å². The van der Waals surface area contributed by atoms with E-state index in [2.05, 4.69) is 15.0 Å². The van der Waals surface area contributed by atoms with Gasteiger partial charge in [-0.05, 0) is 234 Å². The van der Waals surface area contributed by atoms with Gasteiger partial charge in [0.15, 0.2) is 0 Å². The van der Waals surface area contributed by atoms with E-state index in [1.807, 2.05) is 114 Å². The van der Waals surface area contributed by atoms with E-state index in [0.29, 0.717) is 126 Å². The summed E-state index contributed by atoms with van der Waals surface area (Å²) in [6, 6.07) is 66.4. The number of carboxylic acid groups (broad SMARTS) is 3. The maximum absolute atomic E-state index is 12.8. The fourth-order valence-corrected chi connectivity index (χ4v) is 11.2. The molecule has 125 heavy (non-hydrogen) atoms. The van der Waals surface area contributed by atoms with Crippen molar-refractivity contribution in [1.29, 1.82) is 0 Å². The second-order valence-electron chi connectivity index (χ2n) is 26.8. The monoisotopic (exact) mass is 1700 g/mol. The molecule has 7 amide bonds. The number of rotatable bonds is 33. The number of hydrogen-bond donors (Lipinski definition) is 7. The molecule has 28 nitrogen and oxygen atoms in total. The zero-order chi connectivity index (χ0) is 89.6. The van der Waals surface area contributed by atoms with Gasteiger partial charge in [0.05, 0.1) is 30.8 Å². The summed E-state index contributed by atoms with van der Waals surface area (Å²) in [5.41, 5.74) is 19.4. The minimum atomic E-state index is -1.04. The number of ether oxygens (including phenoxy) is 6. The summed E-state index contributed by atoms with van der Waals surface area (Å²) in [5, 5.41) is 40.9. The molecular weight excluding hydrogens is 1610 g/mol. The maximum atomic E-state index is 12.8. The van der Waals surface area contributed by atoms with Crippen molar-refractivity contribution in [3.8, 4) is 46.0 Å². The molecule has 11 rings (SSSR count). The second-order valence-corrected chi connectivity index (χ2v) is 26.8. The van der Waals surface area contributed by atoms with Crippen LogP contribution >= 0.6 is 0 Å². The Morgan fingerprint density at radius 2 is 0.624 bits per heavy atom. The number of imide groups is 2. The fraction of sp³-hybridized carbons (Fsp3) is 0.177. The number of nitrogens with two attached hydrogens (primary N) is 2. The summed E-state index contributed by atoms with van der Waals surface area (Å²) in [6.07, 6.45) is 18.0. The molecule has 0 radical (unpaired) electrons. The Balaban J connectivity index is 0.000000256. The molecule has 0 aliphatic rings. The van der Waals surface area contributed by atoms with Crippen molar-refractivity contribution in [2.24, 2.45) is 11.5 Å². The first-order valence-corrected chi connectivity index (χ1v) is 39.1. The van der Waals surface area contributed by atoms with E-state index < -0.39 is 41.8 Å². The third kappa shape index (κ3) is 37.4. The number of primary amides is 2. The Labute approximate surface area is 745 Å². The number of benzene rings is 8. The molecule has 11 aromatic rings. The minimum Gasteiger partial charge on any atom is -0.855 e. The van der Waals surface area contributed by atoms with Gasteiger partial charge in [-0.25, -0.2) is 19.2 Å². The fourth-order valence-electron chi connectivity index (χ4n) is 11.2. The second kappa shape index (κ2) is 53.8. The number of urea groups is 2. The van der Waals surface area contributed by atoms with Crippen LogP contribution in [0.1, 0.15) is 108 Å². The molecule has 29 heteroatoms. The van der Waals surface area contributed by atoms with Crippen LogP contribution in [-0.4, -0.2) is 129 Å². The number of pyridine rings is 3. The molecular formula is C96H95N8NaO20. The topological polar surface area (TPSA) is 428 Å². The molecule has 3 heterocycles. The number of amides is 7. The smallest absolute Gasteiger partial charge is 0.855 e. The molecule has 0 fully saturated rings. The molecule has 0 spiro atoms. The van der Waals surface area contributed by atoms with Gasteiger partial charge in [-0.15, -0.1) is 6.61 Å². The van der Waals surface area contributed by atoms with Gasteiger partial charge in [-0.1, -0.05) is 122 Å². The van der Waals surface area contributed by atoms with E-state index in [-0.39, 0.29) is 84.4 Å². The number of esters is 2. The summed E-state index contributed by atoms with van der Waals surface area (Å²) in [6.45, 7) is 5.93. The third-order valence-electron chi connectivity index (χ3n) is 17.1. The predicted molar refractivity (Wildman–Crippen MR) is 466 cm³/mol. The van der Waals surface area contributed by atoms with Crippen molar-refractivity contribution >= 4 is 94.6 Å². The zero-order valence-corrected chi connectivity index (χ0v) is 71.8. The summed E-state index contributed by atoms with van der Waals surface area (Å²) >= 11 is 0. The van der Waals surface area contributed by atoms with Gasteiger partial charge in [0.25, 0.3) is 5.91 Å². The number of nitrogens with one attached hydrogen (secondary N) is 2. The van der Waals surface area contributed by atoms with Crippen LogP contribution in [0.5, 0.6) is 46.0 Å². The molecule has 3 aromatic heterocycles. The van der Waals surface area contributed by atoms with Gasteiger partial charge in [-0.2, -0.15) is 0 Å². The number of hydrogen-bond acceptors (Lipinski definition) is 20. The number of likely N-dealkylation sites (N-methyl/N-ethyl adjacent to an activating group) is 1. The first-order chi connectivity index (χ1) is 59.7.